The SMILES string of the molecule is CNCCCNS(=O)(=O)Cc1cccc2cccnc12.Cl. The molecule has 0 unspecified atom stereocenters. The number of benzene rings is 1. The van der Waals surface area contributed by atoms with E-state index in [1.165, 1.54) is 0 Å². The summed E-state index contributed by atoms with van der Waals surface area (Å²) in [7, 11) is -1.48. The summed E-state index contributed by atoms with van der Waals surface area (Å²) in [5, 5.41) is 3.94. The predicted octanol–water partition coefficient (Wildman–Crippen LogP) is 1.69. The van der Waals surface area contributed by atoms with Crippen LogP contribution in [0.5, 0.6) is 0 Å². The van der Waals surface area contributed by atoms with E-state index < -0.39 is 10.0 Å². The number of para-hydroxylation sites is 1. The van der Waals surface area contributed by atoms with Crippen LogP contribution in [0.1, 0.15) is 12.0 Å². The zero-order valence-electron chi connectivity index (χ0n) is 11.9. The maximum absolute atomic E-state index is 12.0. The van der Waals surface area contributed by atoms with Crippen LogP contribution < -0.4 is 10.0 Å². The third kappa shape index (κ3) is 5.24. The van der Waals surface area contributed by atoms with Gasteiger partial charge in [-0.05, 0) is 31.6 Å². The first kappa shape index (κ1) is 17.8. The van der Waals surface area contributed by atoms with Crippen LogP contribution in [0.25, 0.3) is 10.9 Å². The first-order valence-corrected chi connectivity index (χ1v) is 8.22. The fourth-order valence-corrected chi connectivity index (χ4v) is 3.23. The third-order valence-electron chi connectivity index (χ3n) is 2.99. The van der Waals surface area contributed by atoms with E-state index in [1.807, 2.05) is 37.4 Å². The van der Waals surface area contributed by atoms with Crippen molar-refractivity contribution in [2.75, 3.05) is 20.1 Å². The van der Waals surface area contributed by atoms with Gasteiger partial charge in [0.25, 0.3) is 0 Å². The molecule has 0 aliphatic rings. The summed E-state index contributed by atoms with van der Waals surface area (Å²) in [5.74, 6) is -0.0408. The zero-order valence-corrected chi connectivity index (χ0v) is 13.5. The quantitative estimate of drug-likeness (QED) is 0.758. The molecule has 0 spiro atoms. The lowest BCUT2D eigenvalue weighted by atomic mass is 10.1. The molecule has 0 amide bonds. The number of aromatic nitrogens is 1. The van der Waals surface area contributed by atoms with Crippen LogP contribution in [-0.4, -0.2) is 33.5 Å². The van der Waals surface area contributed by atoms with E-state index in [4.69, 9.17) is 0 Å². The number of nitrogens with one attached hydrogen (secondary N) is 2. The molecular formula is C14H20ClN3O2S. The topological polar surface area (TPSA) is 71.1 Å². The van der Waals surface area contributed by atoms with Crippen LogP contribution in [0.2, 0.25) is 0 Å². The van der Waals surface area contributed by atoms with Crippen molar-refractivity contribution in [3.05, 3.63) is 42.1 Å². The Labute approximate surface area is 131 Å². The normalized spacial score (nSPS) is 11.3. The Morgan fingerprint density at radius 3 is 2.67 bits per heavy atom. The molecule has 1 aromatic heterocycles. The molecule has 5 nitrogen and oxygen atoms in total. The Hall–Kier alpha value is -1.21. The molecule has 2 aromatic rings. The number of fused-ring (bicyclic) bond motifs is 1. The molecule has 0 aliphatic heterocycles. The Morgan fingerprint density at radius 1 is 1.14 bits per heavy atom. The number of pyridine rings is 1. The molecule has 116 valence electrons. The molecule has 0 saturated carbocycles. The van der Waals surface area contributed by atoms with Crippen molar-refractivity contribution in [2.45, 2.75) is 12.2 Å². The minimum Gasteiger partial charge on any atom is -0.320 e. The molecule has 1 aromatic carbocycles. The molecule has 0 radical (unpaired) electrons. The summed E-state index contributed by atoms with van der Waals surface area (Å²) in [4.78, 5) is 4.27. The van der Waals surface area contributed by atoms with Crippen molar-refractivity contribution in [2.24, 2.45) is 0 Å². The monoisotopic (exact) mass is 329 g/mol. The molecule has 7 heteroatoms. The minimum absolute atomic E-state index is 0. The maximum atomic E-state index is 12.0. The lowest BCUT2D eigenvalue weighted by Gasteiger charge is -2.08. The largest absolute Gasteiger partial charge is 0.320 e. The third-order valence-corrected chi connectivity index (χ3v) is 4.32. The van der Waals surface area contributed by atoms with Gasteiger partial charge in [-0.3, -0.25) is 4.98 Å². The fraction of sp³-hybridized carbons (Fsp3) is 0.357. The van der Waals surface area contributed by atoms with Gasteiger partial charge < -0.3 is 5.32 Å². The van der Waals surface area contributed by atoms with E-state index in [9.17, 15) is 8.42 Å². The molecule has 0 saturated heterocycles. The van der Waals surface area contributed by atoms with Crippen LogP contribution in [0.3, 0.4) is 0 Å². The molecule has 2 N–H and O–H groups in total. The fourth-order valence-electron chi connectivity index (χ4n) is 2.03. The van der Waals surface area contributed by atoms with Gasteiger partial charge in [0.1, 0.15) is 0 Å². The minimum atomic E-state index is -3.32. The highest BCUT2D eigenvalue weighted by atomic mass is 35.5. The van der Waals surface area contributed by atoms with E-state index in [0.717, 1.165) is 29.4 Å². The summed E-state index contributed by atoms with van der Waals surface area (Å²) in [6.45, 7) is 1.24. The number of rotatable bonds is 7. The smallest absolute Gasteiger partial charge is 0.215 e. The summed E-state index contributed by atoms with van der Waals surface area (Å²) in [5.41, 5.74) is 1.47. The summed E-state index contributed by atoms with van der Waals surface area (Å²) < 4.78 is 26.7. The first-order valence-electron chi connectivity index (χ1n) is 6.57. The van der Waals surface area contributed by atoms with Crippen LogP contribution in [0, 0.1) is 0 Å². The average Bonchev–Trinajstić information content (AvgIpc) is 2.44. The first-order chi connectivity index (χ1) is 9.62. The highest BCUT2D eigenvalue weighted by Crippen LogP contribution is 2.17. The Balaban J connectivity index is 0.00000220. The van der Waals surface area contributed by atoms with Crippen molar-refractivity contribution in [1.29, 1.82) is 0 Å². The number of nitrogens with zero attached hydrogens (tertiary/aromatic N) is 1. The number of hydrogen-bond donors (Lipinski definition) is 2. The molecule has 1 heterocycles. The maximum Gasteiger partial charge on any atom is 0.215 e. The van der Waals surface area contributed by atoms with E-state index >= 15 is 0 Å². The van der Waals surface area contributed by atoms with Gasteiger partial charge in [0.15, 0.2) is 0 Å². The van der Waals surface area contributed by atoms with Crippen LogP contribution in [0.15, 0.2) is 36.5 Å². The van der Waals surface area contributed by atoms with E-state index in [0.29, 0.717) is 6.54 Å². The van der Waals surface area contributed by atoms with Crippen molar-refractivity contribution >= 4 is 33.3 Å². The standard InChI is InChI=1S/C14H19N3O2S.ClH/c1-15-8-4-10-17-20(18,19)11-13-6-2-5-12-7-3-9-16-14(12)13;/h2-3,5-7,9,15,17H,4,8,10-11H2,1H3;1H. The number of hydrogen-bond acceptors (Lipinski definition) is 4. The second kappa shape index (κ2) is 8.29. The molecule has 2 rings (SSSR count). The zero-order chi connectivity index (χ0) is 14.4. The van der Waals surface area contributed by atoms with Gasteiger partial charge in [-0.1, -0.05) is 24.3 Å². The van der Waals surface area contributed by atoms with Crippen LogP contribution in [-0.2, 0) is 15.8 Å². The van der Waals surface area contributed by atoms with Gasteiger partial charge in [-0.2, -0.15) is 0 Å². The van der Waals surface area contributed by atoms with E-state index in [2.05, 4.69) is 15.0 Å². The van der Waals surface area contributed by atoms with Gasteiger partial charge >= 0.3 is 0 Å². The molecular weight excluding hydrogens is 310 g/mol. The van der Waals surface area contributed by atoms with E-state index in [1.54, 1.807) is 6.20 Å². The highest BCUT2D eigenvalue weighted by Gasteiger charge is 2.13. The second-order valence-electron chi connectivity index (χ2n) is 4.60. The summed E-state index contributed by atoms with van der Waals surface area (Å²) in [6.07, 6.45) is 2.45. The number of sulfonamides is 1. The number of halogens is 1. The molecule has 0 fully saturated rings. The predicted molar refractivity (Wildman–Crippen MR) is 88.2 cm³/mol. The molecule has 0 bridgehead atoms. The average molecular weight is 330 g/mol. The van der Waals surface area contributed by atoms with Gasteiger partial charge in [-0.25, -0.2) is 13.1 Å². The van der Waals surface area contributed by atoms with Gasteiger partial charge in [-0.15, -0.1) is 12.4 Å². The van der Waals surface area contributed by atoms with Crippen LogP contribution in [0.4, 0.5) is 0 Å². The lowest BCUT2D eigenvalue weighted by molar-refractivity contribution is 0.576. The van der Waals surface area contributed by atoms with Gasteiger partial charge in [0, 0.05) is 18.1 Å². The van der Waals surface area contributed by atoms with Gasteiger partial charge in [0.2, 0.25) is 10.0 Å². The Bertz CT molecular complexity index is 671. The van der Waals surface area contributed by atoms with Crippen LogP contribution >= 0.6 is 12.4 Å². The van der Waals surface area contributed by atoms with Crippen molar-refractivity contribution in [3.63, 3.8) is 0 Å². The lowest BCUT2D eigenvalue weighted by Crippen LogP contribution is -2.28. The highest BCUT2D eigenvalue weighted by molar-refractivity contribution is 7.88. The summed E-state index contributed by atoms with van der Waals surface area (Å²) in [6, 6.07) is 9.37. The Kier molecular flexibility index (Phi) is 7.04. The van der Waals surface area contributed by atoms with Crippen molar-refractivity contribution in [1.82, 2.24) is 15.0 Å². The summed E-state index contributed by atoms with van der Waals surface area (Å²) >= 11 is 0. The second-order valence-corrected chi connectivity index (χ2v) is 6.41. The molecule has 0 atom stereocenters. The Morgan fingerprint density at radius 2 is 1.90 bits per heavy atom. The van der Waals surface area contributed by atoms with E-state index in [-0.39, 0.29) is 18.2 Å². The van der Waals surface area contributed by atoms with Gasteiger partial charge in [0.05, 0.1) is 11.3 Å². The molecule has 0 aliphatic carbocycles. The van der Waals surface area contributed by atoms with Crippen molar-refractivity contribution < 1.29 is 8.42 Å². The van der Waals surface area contributed by atoms with Crippen molar-refractivity contribution in [3.8, 4) is 0 Å². The molecule has 21 heavy (non-hydrogen) atoms.